The van der Waals surface area contributed by atoms with Gasteiger partial charge in [-0.25, -0.2) is 9.59 Å². The van der Waals surface area contributed by atoms with Crippen LogP contribution in [0.1, 0.15) is 40.0 Å². The molecule has 1 aliphatic heterocycles. The summed E-state index contributed by atoms with van der Waals surface area (Å²) in [4.78, 5) is 24.4. The van der Waals surface area contributed by atoms with Gasteiger partial charge in [0.2, 0.25) is 0 Å². The molecule has 0 bridgehead atoms. The Morgan fingerprint density at radius 3 is 2.53 bits per heavy atom. The van der Waals surface area contributed by atoms with Gasteiger partial charge < -0.3 is 20.1 Å². The molecule has 0 aromatic heterocycles. The van der Waals surface area contributed by atoms with E-state index in [2.05, 4.69) is 5.32 Å². The summed E-state index contributed by atoms with van der Waals surface area (Å²) in [6.45, 7) is 6.38. The number of rotatable bonds is 5. The van der Waals surface area contributed by atoms with Crippen LogP contribution in [-0.2, 0) is 9.53 Å². The summed E-state index contributed by atoms with van der Waals surface area (Å²) in [5, 5.41) is 11.6. The molecule has 0 spiro atoms. The maximum atomic E-state index is 12.0. The summed E-state index contributed by atoms with van der Waals surface area (Å²) in [5.74, 6) is -0.932. The van der Waals surface area contributed by atoms with Crippen LogP contribution < -0.4 is 5.32 Å². The standard InChI is InChI=1S/C13H24N2O4/c1-5-13(2,3)15(4)12(18)14-8-9-6-7-10(19-9)11(16)17/h9-10H,5-8H2,1-4H3,(H,14,18)(H,16,17). The first-order chi connectivity index (χ1) is 8.77. The highest BCUT2D eigenvalue weighted by atomic mass is 16.5. The van der Waals surface area contributed by atoms with Crippen LogP contribution in [0.25, 0.3) is 0 Å². The first-order valence-corrected chi connectivity index (χ1v) is 6.68. The van der Waals surface area contributed by atoms with E-state index in [-0.39, 0.29) is 17.7 Å². The molecule has 110 valence electrons. The van der Waals surface area contributed by atoms with Crippen LogP contribution in [0, 0.1) is 0 Å². The number of carboxylic acids is 1. The molecule has 2 atom stereocenters. The topological polar surface area (TPSA) is 78.9 Å². The van der Waals surface area contributed by atoms with E-state index in [0.29, 0.717) is 19.4 Å². The number of nitrogens with zero attached hydrogens (tertiary/aromatic N) is 1. The summed E-state index contributed by atoms with van der Waals surface area (Å²) in [6.07, 6.45) is 1.09. The minimum Gasteiger partial charge on any atom is -0.479 e. The number of ether oxygens (including phenoxy) is 1. The molecule has 2 N–H and O–H groups in total. The molecular weight excluding hydrogens is 248 g/mol. The lowest BCUT2D eigenvalue weighted by atomic mass is 10.0. The van der Waals surface area contributed by atoms with E-state index in [1.807, 2.05) is 20.8 Å². The molecule has 1 fully saturated rings. The lowest BCUT2D eigenvalue weighted by molar-refractivity contribution is -0.149. The van der Waals surface area contributed by atoms with Crippen molar-refractivity contribution in [2.45, 2.75) is 57.8 Å². The predicted molar refractivity (Wildman–Crippen MR) is 71.1 cm³/mol. The van der Waals surface area contributed by atoms with Gasteiger partial charge in [-0.05, 0) is 33.1 Å². The van der Waals surface area contributed by atoms with E-state index in [9.17, 15) is 9.59 Å². The van der Waals surface area contributed by atoms with Crippen LogP contribution in [0.3, 0.4) is 0 Å². The maximum Gasteiger partial charge on any atom is 0.332 e. The first kappa shape index (κ1) is 15.8. The molecule has 0 saturated carbocycles. The van der Waals surface area contributed by atoms with Crippen LogP contribution in [0.4, 0.5) is 4.79 Å². The lowest BCUT2D eigenvalue weighted by Gasteiger charge is -2.35. The van der Waals surface area contributed by atoms with Crippen LogP contribution in [0.2, 0.25) is 0 Å². The van der Waals surface area contributed by atoms with Gasteiger partial charge in [-0.2, -0.15) is 0 Å². The Labute approximate surface area is 114 Å². The van der Waals surface area contributed by atoms with Crippen molar-refractivity contribution >= 4 is 12.0 Å². The van der Waals surface area contributed by atoms with Crippen molar-refractivity contribution in [1.29, 1.82) is 0 Å². The van der Waals surface area contributed by atoms with E-state index in [1.165, 1.54) is 0 Å². The quantitative estimate of drug-likeness (QED) is 0.794. The highest BCUT2D eigenvalue weighted by Crippen LogP contribution is 2.20. The van der Waals surface area contributed by atoms with Crippen molar-refractivity contribution in [1.82, 2.24) is 10.2 Å². The predicted octanol–water partition coefficient (Wildman–Crippen LogP) is 1.45. The number of amides is 2. The molecule has 0 radical (unpaired) electrons. The van der Waals surface area contributed by atoms with Gasteiger partial charge in [0.15, 0.2) is 6.10 Å². The van der Waals surface area contributed by atoms with Gasteiger partial charge in [0, 0.05) is 19.1 Å². The smallest absolute Gasteiger partial charge is 0.332 e. The first-order valence-electron chi connectivity index (χ1n) is 6.68. The Morgan fingerprint density at radius 1 is 1.42 bits per heavy atom. The van der Waals surface area contributed by atoms with Crippen LogP contribution in [0.15, 0.2) is 0 Å². The molecule has 1 rings (SSSR count). The van der Waals surface area contributed by atoms with Gasteiger partial charge in [-0.15, -0.1) is 0 Å². The molecular formula is C13H24N2O4. The van der Waals surface area contributed by atoms with Crippen molar-refractivity contribution in [3.63, 3.8) is 0 Å². The van der Waals surface area contributed by atoms with Crippen molar-refractivity contribution in [3.05, 3.63) is 0 Å². The molecule has 6 heteroatoms. The zero-order valence-corrected chi connectivity index (χ0v) is 12.1. The second-order valence-electron chi connectivity index (χ2n) is 5.57. The minimum atomic E-state index is -0.932. The van der Waals surface area contributed by atoms with Crippen molar-refractivity contribution in [2.75, 3.05) is 13.6 Å². The van der Waals surface area contributed by atoms with E-state index in [1.54, 1.807) is 11.9 Å². The Balaban J connectivity index is 2.37. The van der Waals surface area contributed by atoms with Gasteiger partial charge in [0.25, 0.3) is 0 Å². The average molecular weight is 272 g/mol. The highest BCUT2D eigenvalue weighted by Gasteiger charge is 2.31. The molecule has 2 amide bonds. The molecule has 2 unspecified atom stereocenters. The summed E-state index contributed by atoms with van der Waals surface area (Å²) in [6, 6.07) is -0.158. The van der Waals surface area contributed by atoms with Crippen molar-refractivity contribution < 1.29 is 19.4 Å². The molecule has 1 heterocycles. The third-order valence-electron chi connectivity index (χ3n) is 3.94. The fourth-order valence-electron chi connectivity index (χ4n) is 1.87. The fourth-order valence-corrected chi connectivity index (χ4v) is 1.87. The lowest BCUT2D eigenvalue weighted by Crippen LogP contribution is -2.50. The summed E-state index contributed by atoms with van der Waals surface area (Å²) in [7, 11) is 1.76. The molecule has 0 aromatic rings. The van der Waals surface area contributed by atoms with Gasteiger partial charge in [0.1, 0.15) is 0 Å². The van der Waals surface area contributed by atoms with Gasteiger partial charge in [0.05, 0.1) is 6.10 Å². The maximum absolute atomic E-state index is 12.0. The van der Waals surface area contributed by atoms with E-state index < -0.39 is 12.1 Å². The minimum absolute atomic E-state index is 0.158. The van der Waals surface area contributed by atoms with E-state index in [0.717, 1.165) is 6.42 Å². The number of aliphatic carboxylic acids is 1. The molecule has 19 heavy (non-hydrogen) atoms. The monoisotopic (exact) mass is 272 g/mol. The Morgan fingerprint density at radius 2 is 2.05 bits per heavy atom. The van der Waals surface area contributed by atoms with Gasteiger partial charge in [-0.3, -0.25) is 0 Å². The normalized spacial score (nSPS) is 23.2. The second-order valence-corrected chi connectivity index (χ2v) is 5.57. The molecule has 0 aliphatic carbocycles. The number of carbonyl (C=O) groups is 2. The van der Waals surface area contributed by atoms with Crippen LogP contribution in [-0.4, -0.2) is 53.3 Å². The number of hydrogen-bond donors (Lipinski definition) is 2. The molecule has 1 aliphatic rings. The fraction of sp³-hybridized carbons (Fsp3) is 0.846. The van der Waals surface area contributed by atoms with Crippen molar-refractivity contribution in [2.24, 2.45) is 0 Å². The number of hydrogen-bond acceptors (Lipinski definition) is 3. The van der Waals surface area contributed by atoms with Gasteiger partial charge >= 0.3 is 12.0 Å². The zero-order chi connectivity index (χ0) is 14.6. The van der Waals surface area contributed by atoms with Crippen molar-refractivity contribution in [3.8, 4) is 0 Å². The van der Waals surface area contributed by atoms with E-state index in [4.69, 9.17) is 9.84 Å². The second kappa shape index (κ2) is 6.23. The Bertz CT molecular complexity index is 344. The number of urea groups is 1. The van der Waals surface area contributed by atoms with Crippen LogP contribution in [0.5, 0.6) is 0 Å². The number of carbonyl (C=O) groups excluding carboxylic acids is 1. The SMILES string of the molecule is CCC(C)(C)N(C)C(=O)NCC1CCC(C(=O)O)O1. The highest BCUT2D eigenvalue weighted by molar-refractivity contribution is 5.75. The summed E-state index contributed by atoms with van der Waals surface area (Å²) in [5.41, 5.74) is -0.204. The molecule has 0 aromatic carbocycles. The number of carboxylic acid groups (broad SMARTS) is 1. The average Bonchev–Trinajstić information content (AvgIpc) is 2.83. The van der Waals surface area contributed by atoms with Gasteiger partial charge in [-0.1, -0.05) is 6.92 Å². The Hall–Kier alpha value is -1.30. The zero-order valence-electron chi connectivity index (χ0n) is 12.1. The third-order valence-corrected chi connectivity index (χ3v) is 3.94. The molecule has 6 nitrogen and oxygen atoms in total. The largest absolute Gasteiger partial charge is 0.479 e. The molecule has 1 saturated heterocycles. The van der Waals surface area contributed by atoms with Crippen LogP contribution >= 0.6 is 0 Å². The Kier molecular flexibility index (Phi) is 5.17. The van der Waals surface area contributed by atoms with E-state index >= 15 is 0 Å². The third kappa shape index (κ3) is 4.09. The summed E-state index contributed by atoms with van der Waals surface area (Å²) < 4.78 is 5.33. The number of nitrogens with one attached hydrogen (secondary N) is 1. The summed E-state index contributed by atoms with van der Waals surface area (Å²) >= 11 is 0.